The Bertz CT molecular complexity index is 1080. The highest BCUT2D eigenvalue weighted by atomic mass is 16.6. The third-order valence-corrected chi connectivity index (χ3v) is 12.4. The predicted molar refractivity (Wildman–Crippen MR) is 275 cm³/mol. The van der Waals surface area contributed by atoms with Gasteiger partial charge in [0, 0.05) is 19.3 Å². The average molecular weight is 899 g/mol. The van der Waals surface area contributed by atoms with Gasteiger partial charge >= 0.3 is 17.9 Å². The summed E-state index contributed by atoms with van der Waals surface area (Å²) in [7, 11) is 0. The molecule has 1 atom stereocenters. The number of rotatable bonds is 51. The van der Waals surface area contributed by atoms with Gasteiger partial charge in [-0.15, -0.1) is 0 Å². The molecule has 0 aromatic carbocycles. The van der Waals surface area contributed by atoms with Crippen LogP contribution in [0, 0.1) is 0 Å². The first kappa shape index (κ1) is 61.6. The summed E-state index contributed by atoms with van der Waals surface area (Å²) in [5, 5.41) is 0. The molecule has 0 radical (unpaired) electrons. The van der Waals surface area contributed by atoms with Gasteiger partial charge in [0.1, 0.15) is 13.2 Å². The Kier molecular flexibility index (Phi) is 51.3. The van der Waals surface area contributed by atoms with Crippen LogP contribution in [0.3, 0.4) is 0 Å². The highest BCUT2D eigenvalue weighted by molar-refractivity contribution is 5.71. The zero-order valence-corrected chi connectivity index (χ0v) is 42.8. The molecule has 0 aliphatic carbocycles. The lowest BCUT2D eigenvalue weighted by molar-refractivity contribution is -0.167. The summed E-state index contributed by atoms with van der Waals surface area (Å²) in [4.78, 5) is 38.1. The molecule has 64 heavy (non-hydrogen) atoms. The first-order valence-corrected chi connectivity index (χ1v) is 28.0. The monoisotopic (exact) mass is 899 g/mol. The molecule has 0 bridgehead atoms. The van der Waals surface area contributed by atoms with E-state index in [-0.39, 0.29) is 31.1 Å². The minimum Gasteiger partial charge on any atom is -0.462 e. The minimum absolute atomic E-state index is 0.0747. The number of carbonyl (C=O) groups excluding carboxylic acids is 3. The maximum Gasteiger partial charge on any atom is 0.306 e. The second-order valence-electron chi connectivity index (χ2n) is 18.9. The summed E-state index contributed by atoms with van der Waals surface area (Å²) < 4.78 is 16.8. The molecule has 0 spiro atoms. The molecule has 0 unspecified atom stereocenters. The fourth-order valence-corrected chi connectivity index (χ4v) is 8.16. The molecular formula is C58H106O6. The molecule has 0 amide bonds. The molecule has 374 valence electrons. The van der Waals surface area contributed by atoms with Crippen molar-refractivity contribution < 1.29 is 28.6 Å². The van der Waals surface area contributed by atoms with Gasteiger partial charge < -0.3 is 14.2 Å². The number of ether oxygens (including phenoxy) is 3. The summed E-state index contributed by atoms with van der Waals surface area (Å²) in [5.74, 6) is -0.880. The van der Waals surface area contributed by atoms with Gasteiger partial charge in [0.2, 0.25) is 0 Å². The lowest BCUT2D eigenvalue weighted by Gasteiger charge is -2.18. The van der Waals surface area contributed by atoms with E-state index in [1.165, 1.54) is 173 Å². The van der Waals surface area contributed by atoms with E-state index in [1.54, 1.807) is 0 Å². The molecule has 6 nitrogen and oxygen atoms in total. The summed E-state index contributed by atoms with van der Waals surface area (Å²) in [6, 6.07) is 0. The van der Waals surface area contributed by atoms with E-state index in [0.29, 0.717) is 19.3 Å². The molecule has 0 saturated heterocycles. The summed E-state index contributed by atoms with van der Waals surface area (Å²) >= 11 is 0. The summed E-state index contributed by atoms with van der Waals surface area (Å²) in [5.41, 5.74) is 0. The van der Waals surface area contributed by atoms with Gasteiger partial charge in [0.05, 0.1) is 0 Å². The van der Waals surface area contributed by atoms with Gasteiger partial charge in [0.25, 0.3) is 0 Å². The largest absolute Gasteiger partial charge is 0.462 e. The number of hydrogen-bond donors (Lipinski definition) is 0. The lowest BCUT2D eigenvalue weighted by Crippen LogP contribution is -2.30. The van der Waals surface area contributed by atoms with E-state index in [4.69, 9.17) is 14.2 Å². The number of allylic oxidation sites excluding steroid dienone is 6. The third kappa shape index (κ3) is 50.6. The van der Waals surface area contributed by atoms with E-state index >= 15 is 0 Å². The minimum atomic E-state index is -0.776. The van der Waals surface area contributed by atoms with Crippen molar-refractivity contribution in [3.05, 3.63) is 36.5 Å². The molecule has 0 fully saturated rings. The van der Waals surface area contributed by atoms with E-state index in [1.807, 2.05) is 0 Å². The second kappa shape index (κ2) is 53.2. The fourth-order valence-electron chi connectivity index (χ4n) is 8.16. The third-order valence-electron chi connectivity index (χ3n) is 12.4. The molecular weight excluding hydrogens is 793 g/mol. The molecule has 0 heterocycles. The molecule has 0 N–H and O–H groups in total. The van der Waals surface area contributed by atoms with E-state index in [0.717, 1.165) is 83.5 Å². The van der Waals surface area contributed by atoms with Crippen LogP contribution in [0.15, 0.2) is 36.5 Å². The maximum absolute atomic E-state index is 12.8. The van der Waals surface area contributed by atoms with Crippen LogP contribution in [-0.4, -0.2) is 37.2 Å². The lowest BCUT2D eigenvalue weighted by atomic mass is 10.0. The normalized spacial score (nSPS) is 12.2. The Balaban J connectivity index is 4.37. The molecule has 0 aliphatic rings. The summed E-state index contributed by atoms with van der Waals surface area (Å²) in [6.45, 7) is 6.63. The van der Waals surface area contributed by atoms with Crippen molar-refractivity contribution in [3.63, 3.8) is 0 Å². The Morgan fingerprint density at radius 1 is 0.312 bits per heavy atom. The van der Waals surface area contributed by atoms with Gasteiger partial charge in [-0.25, -0.2) is 0 Å². The quantitative estimate of drug-likeness (QED) is 0.0262. The van der Waals surface area contributed by atoms with Crippen LogP contribution in [0.5, 0.6) is 0 Å². The Hall–Kier alpha value is -2.37. The molecule has 0 saturated carbocycles. The van der Waals surface area contributed by atoms with Crippen molar-refractivity contribution in [3.8, 4) is 0 Å². The first-order valence-electron chi connectivity index (χ1n) is 28.0. The molecule has 0 aromatic heterocycles. The van der Waals surface area contributed by atoms with Crippen LogP contribution in [0.2, 0.25) is 0 Å². The standard InChI is InChI=1S/C58H106O6/c1-4-7-10-13-16-19-22-25-27-29-31-33-36-39-42-45-48-51-57(60)63-54-55(53-62-56(59)50-47-44-41-38-35-32-24-21-18-15-12-9-6-3)64-58(61)52-49-46-43-40-37-34-30-28-26-23-20-17-14-11-8-5-2/h16,19,25,27,31,33,55H,4-15,17-18,20-24,26,28-30,32,34-54H2,1-3H3/b19-16-,27-25-,33-31-/t55-/m1/s1. The fraction of sp³-hybridized carbons (Fsp3) is 0.845. The van der Waals surface area contributed by atoms with E-state index < -0.39 is 6.10 Å². The Morgan fingerprint density at radius 3 is 0.906 bits per heavy atom. The number of hydrogen-bond acceptors (Lipinski definition) is 6. The van der Waals surface area contributed by atoms with Crippen molar-refractivity contribution in [1.82, 2.24) is 0 Å². The smallest absolute Gasteiger partial charge is 0.306 e. The zero-order valence-electron chi connectivity index (χ0n) is 42.8. The predicted octanol–water partition coefficient (Wildman–Crippen LogP) is 18.5. The van der Waals surface area contributed by atoms with Gasteiger partial charge in [-0.3, -0.25) is 14.4 Å². The molecule has 0 aliphatic heterocycles. The van der Waals surface area contributed by atoms with Crippen molar-refractivity contribution in [2.24, 2.45) is 0 Å². The topological polar surface area (TPSA) is 78.9 Å². The average Bonchev–Trinajstić information content (AvgIpc) is 3.29. The second-order valence-corrected chi connectivity index (χ2v) is 18.9. The number of unbranched alkanes of at least 4 members (excludes halogenated alkanes) is 34. The van der Waals surface area contributed by atoms with Gasteiger partial charge in [-0.1, -0.05) is 256 Å². The summed E-state index contributed by atoms with van der Waals surface area (Å²) in [6.07, 6.45) is 62.7. The van der Waals surface area contributed by atoms with Crippen LogP contribution in [-0.2, 0) is 28.6 Å². The maximum atomic E-state index is 12.8. The Morgan fingerprint density at radius 2 is 0.562 bits per heavy atom. The molecule has 6 heteroatoms. The highest BCUT2D eigenvalue weighted by Gasteiger charge is 2.19. The van der Waals surface area contributed by atoms with Crippen LogP contribution in [0.25, 0.3) is 0 Å². The van der Waals surface area contributed by atoms with Crippen LogP contribution in [0.4, 0.5) is 0 Å². The van der Waals surface area contributed by atoms with Crippen LogP contribution >= 0.6 is 0 Å². The van der Waals surface area contributed by atoms with E-state index in [2.05, 4.69) is 57.2 Å². The number of esters is 3. The zero-order chi connectivity index (χ0) is 46.5. The van der Waals surface area contributed by atoms with Crippen molar-refractivity contribution in [2.75, 3.05) is 13.2 Å². The van der Waals surface area contributed by atoms with Gasteiger partial charge in [0.15, 0.2) is 6.10 Å². The highest BCUT2D eigenvalue weighted by Crippen LogP contribution is 2.16. The molecule has 0 aromatic rings. The van der Waals surface area contributed by atoms with Crippen molar-refractivity contribution in [2.45, 2.75) is 303 Å². The van der Waals surface area contributed by atoms with Gasteiger partial charge in [-0.2, -0.15) is 0 Å². The first-order chi connectivity index (χ1) is 31.5. The number of carbonyl (C=O) groups is 3. The molecule has 0 rings (SSSR count). The Labute approximate surface area is 397 Å². The van der Waals surface area contributed by atoms with Crippen LogP contribution in [0.1, 0.15) is 297 Å². The van der Waals surface area contributed by atoms with Gasteiger partial charge in [-0.05, 0) is 57.8 Å². The van der Waals surface area contributed by atoms with Crippen LogP contribution < -0.4 is 0 Å². The van der Waals surface area contributed by atoms with E-state index in [9.17, 15) is 14.4 Å². The van der Waals surface area contributed by atoms with Crippen molar-refractivity contribution in [1.29, 1.82) is 0 Å². The SMILES string of the molecule is CCCCC/C=C\C/C=C\C/C=C\CCCCCCC(=O)OC[C@@H](COC(=O)CCCCCCCCCCCCCCC)OC(=O)CCCCCCCCCCCCCCCCCC. The van der Waals surface area contributed by atoms with Crippen molar-refractivity contribution >= 4 is 17.9 Å².